The van der Waals surface area contributed by atoms with Crippen LogP contribution in [0.4, 0.5) is 10.1 Å². The number of amides is 2. The van der Waals surface area contributed by atoms with E-state index in [1.54, 1.807) is 12.1 Å². The van der Waals surface area contributed by atoms with Crippen molar-refractivity contribution < 1.29 is 19.1 Å². The Labute approximate surface area is 174 Å². The molecule has 146 valence electrons. The summed E-state index contributed by atoms with van der Waals surface area (Å²) in [6.07, 6.45) is 1.15. The summed E-state index contributed by atoms with van der Waals surface area (Å²) in [6.45, 7) is 0. The number of fused-ring (bicyclic) bond motifs is 1. The van der Waals surface area contributed by atoms with Crippen molar-refractivity contribution in [2.45, 2.75) is 31.4 Å². The number of carbonyl (C=O) groups is 2. The first-order valence-electron chi connectivity index (χ1n) is 8.91. The van der Waals surface area contributed by atoms with E-state index in [1.807, 2.05) is 0 Å². The van der Waals surface area contributed by atoms with Crippen molar-refractivity contribution in [3.8, 4) is 0 Å². The predicted octanol–water partition coefficient (Wildman–Crippen LogP) is 4.17. The third-order valence-corrected chi connectivity index (χ3v) is 6.06. The van der Waals surface area contributed by atoms with E-state index in [-0.39, 0.29) is 17.7 Å². The van der Waals surface area contributed by atoms with E-state index in [1.165, 1.54) is 18.2 Å². The van der Waals surface area contributed by atoms with Gasteiger partial charge < -0.3 is 15.7 Å². The number of hydrogen-bond acceptors (Lipinski definition) is 3. The van der Waals surface area contributed by atoms with Crippen LogP contribution in [-0.4, -0.2) is 23.0 Å². The fraction of sp³-hybridized carbons (Fsp3) is 0.300. The fourth-order valence-electron chi connectivity index (χ4n) is 3.90. The topological polar surface area (TPSA) is 78.4 Å². The molecule has 1 aliphatic carbocycles. The van der Waals surface area contributed by atoms with Crippen molar-refractivity contribution in [3.05, 3.63) is 62.3 Å². The number of rotatable bonds is 3. The molecule has 2 aromatic carbocycles. The Hall–Kier alpha value is -1.96. The number of carbonyl (C=O) groups excluding carboxylic acids is 2. The average molecular weight is 468 g/mol. The first kappa shape index (κ1) is 19.4. The van der Waals surface area contributed by atoms with Crippen LogP contribution in [0, 0.1) is 11.7 Å². The molecule has 0 aromatic heterocycles. The first-order valence-corrected chi connectivity index (χ1v) is 10.1. The van der Waals surface area contributed by atoms with Crippen molar-refractivity contribution in [2.75, 3.05) is 5.32 Å². The molecule has 1 saturated carbocycles. The molecule has 3 N–H and O–H groups in total. The van der Waals surface area contributed by atoms with E-state index in [0.29, 0.717) is 51.1 Å². The number of aliphatic hydroxyl groups excluding tert-OH is 1. The maximum Gasteiger partial charge on any atom is 0.252 e. The number of anilines is 1. The Morgan fingerprint density at radius 1 is 1.29 bits per heavy atom. The van der Waals surface area contributed by atoms with Gasteiger partial charge in [0.2, 0.25) is 5.91 Å². The molecule has 28 heavy (non-hydrogen) atoms. The maximum atomic E-state index is 13.8. The minimum absolute atomic E-state index is 0.208. The molecule has 0 bridgehead atoms. The molecule has 2 aromatic rings. The summed E-state index contributed by atoms with van der Waals surface area (Å²) in [6, 6.07) is 6.66. The van der Waals surface area contributed by atoms with Crippen molar-refractivity contribution in [1.29, 1.82) is 0 Å². The molecular weight excluding hydrogens is 451 g/mol. The van der Waals surface area contributed by atoms with Gasteiger partial charge in [0.15, 0.2) is 0 Å². The highest BCUT2D eigenvalue weighted by atomic mass is 79.9. The highest BCUT2D eigenvalue weighted by Crippen LogP contribution is 2.41. The highest BCUT2D eigenvalue weighted by molar-refractivity contribution is 9.10. The summed E-state index contributed by atoms with van der Waals surface area (Å²) in [4.78, 5) is 25.2. The van der Waals surface area contributed by atoms with Gasteiger partial charge >= 0.3 is 0 Å². The largest absolute Gasteiger partial charge is 0.393 e. The lowest BCUT2D eigenvalue weighted by Gasteiger charge is -2.19. The third kappa shape index (κ3) is 3.54. The number of halogens is 3. The minimum atomic E-state index is -0.678. The Kier molecular flexibility index (Phi) is 5.16. The summed E-state index contributed by atoms with van der Waals surface area (Å²) in [7, 11) is 0. The van der Waals surface area contributed by atoms with Crippen molar-refractivity contribution in [1.82, 2.24) is 5.32 Å². The Morgan fingerprint density at radius 2 is 2.07 bits per heavy atom. The maximum absolute atomic E-state index is 13.8. The molecule has 4 rings (SSSR count). The lowest BCUT2D eigenvalue weighted by atomic mass is 9.96. The second kappa shape index (κ2) is 7.46. The SMILES string of the molecule is O=C1N[C@@H](c2cc(F)ccc2Cl)c2c(NC(=O)[C@@H]3CC[C@H](O)C3)cc(Br)cc21. The predicted molar refractivity (Wildman–Crippen MR) is 107 cm³/mol. The summed E-state index contributed by atoms with van der Waals surface area (Å²) in [5.74, 6) is -1.29. The van der Waals surface area contributed by atoms with Gasteiger partial charge in [0.25, 0.3) is 5.91 Å². The lowest BCUT2D eigenvalue weighted by Crippen LogP contribution is -2.23. The second-order valence-corrected chi connectivity index (χ2v) is 8.46. The molecular formula is C20H17BrClFN2O3. The van der Waals surface area contributed by atoms with Crippen LogP contribution in [0.15, 0.2) is 34.8 Å². The first-order chi connectivity index (χ1) is 13.3. The molecule has 8 heteroatoms. The number of hydrogen-bond donors (Lipinski definition) is 3. The van der Waals surface area contributed by atoms with Crippen LogP contribution >= 0.6 is 27.5 Å². The Bertz CT molecular complexity index is 984. The van der Waals surface area contributed by atoms with E-state index in [2.05, 4.69) is 26.6 Å². The Morgan fingerprint density at radius 3 is 2.79 bits per heavy atom. The van der Waals surface area contributed by atoms with Gasteiger partial charge in [0, 0.05) is 37.8 Å². The van der Waals surface area contributed by atoms with Gasteiger partial charge in [-0.1, -0.05) is 27.5 Å². The average Bonchev–Trinajstić information content (AvgIpc) is 3.21. The van der Waals surface area contributed by atoms with Gasteiger partial charge in [0.1, 0.15) is 5.82 Å². The molecule has 1 aliphatic heterocycles. The molecule has 5 nitrogen and oxygen atoms in total. The van der Waals surface area contributed by atoms with E-state index >= 15 is 0 Å². The quantitative estimate of drug-likeness (QED) is 0.634. The van der Waals surface area contributed by atoms with Gasteiger partial charge in [-0.3, -0.25) is 9.59 Å². The van der Waals surface area contributed by atoms with Gasteiger partial charge in [-0.05, 0) is 49.6 Å². The van der Waals surface area contributed by atoms with Crippen molar-refractivity contribution in [3.63, 3.8) is 0 Å². The molecule has 2 aliphatic rings. The van der Waals surface area contributed by atoms with Crippen LogP contribution in [0.3, 0.4) is 0 Å². The van der Waals surface area contributed by atoms with E-state index < -0.39 is 18.0 Å². The van der Waals surface area contributed by atoms with Crippen molar-refractivity contribution >= 4 is 45.0 Å². The van der Waals surface area contributed by atoms with Crippen LogP contribution < -0.4 is 10.6 Å². The van der Waals surface area contributed by atoms with Gasteiger partial charge in [-0.25, -0.2) is 4.39 Å². The zero-order valence-corrected chi connectivity index (χ0v) is 17.0. The summed E-state index contributed by atoms with van der Waals surface area (Å²) >= 11 is 9.63. The number of nitrogens with one attached hydrogen (secondary N) is 2. The van der Waals surface area contributed by atoms with Crippen LogP contribution in [0.2, 0.25) is 5.02 Å². The van der Waals surface area contributed by atoms with Crippen molar-refractivity contribution in [2.24, 2.45) is 5.92 Å². The molecule has 1 heterocycles. The highest BCUT2D eigenvalue weighted by Gasteiger charge is 2.36. The van der Waals surface area contributed by atoms with E-state index in [0.717, 1.165) is 0 Å². The van der Waals surface area contributed by atoms with Gasteiger partial charge in [0.05, 0.1) is 12.1 Å². The smallest absolute Gasteiger partial charge is 0.252 e. The van der Waals surface area contributed by atoms with Gasteiger partial charge in [-0.2, -0.15) is 0 Å². The van der Waals surface area contributed by atoms with Crippen LogP contribution in [0.1, 0.15) is 46.8 Å². The molecule has 0 radical (unpaired) electrons. The zero-order valence-electron chi connectivity index (χ0n) is 14.6. The minimum Gasteiger partial charge on any atom is -0.393 e. The zero-order chi connectivity index (χ0) is 20.0. The standard InChI is InChI=1S/C20H17BrClFN2O3/c21-10-6-14-17(16(7-10)24-19(27)9-1-3-12(26)5-9)18(25-20(14)28)13-8-11(23)2-4-15(13)22/h2,4,6-9,12,18,26H,1,3,5H2,(H,24,27)(H,25,28)/t9-,12+,18+/m1/s1. The third-order valence-electron chi connectivity index (χ3n) is 5.26. The summed E-state index contributed by atoms with van der Waals surface area (Å²) in [5, 5.41) is 15.7. The normalized spacial score (nSPS) is 23.4. The Balaban J connectivity index is 1.75. The summed E-state index contributed by atoms with van der Waals surface area (Å²) < 4.78 is 14.5. The molecule has 2 amide bonds. The molecule has 1 fully saturated rings. The van der Waals surface area contributed by atoms with E-state index in [9.17, 15) is 19.1 Å². The molecule has 0 unspecified atom stereocenters. The molecule has 0 spiro atoms. The monoisotopic (exact) mass is 466 g/mol. The number of benzene rings is 2. The number of aliphatic hydroxyl groups is 1. The lowest BCUT2D eigenvalue weighted by molar-refractivity contribution is -0.119. The van der Waals surface area contributed by atoms with Crippen LogP contribution in [0.25, 0.3) is 0 Å². The fourth-order valence-corrected chi connectivity index (χ4v) is 4.59. The second-order valence-electron chi connectivity index (χ2n) is 7.14. The van der Waals surface area contributed by atoms with E-state index in [4.69, 9.17) is 11.6 Å². The van der Waals surface area contributed by atoms with Gasteiger partial charge in [-0.15, -0.1) is 0 Å². The summed E-state index contributed by atoms with van der Waals surface area (Å²) in [5.41, 5.74) is 1.82. The molecule has 3 atom stereocenters. The van der Waals surface area contributed by atoms with Crippen LogP contribution in [-0.2, 0) is 4.79 Å². The van der Waals surface area contributed by atoms with Crippen LogP contribution in [0.5, 0.6) is 0 Å². The molecule has 0 saturated heterocycles.